The van der Waals surface area contributed by atoms with E-state index in [1.54, 1.807) is 36.7 Å². The summed E-state index contributed by atoms with van der Waals surface area (Å²) in [5.41, 5.74) is 3.35. The lowest BCUT2D eigenvalue weighted by Gasteiger charge is -2.58. The normalized spacial score (nSPS) is 29.2. The van der Waals surface area contributed by atoms with Crippen LogP contribution >= 0.6 is 11.3 Å². The number of carbonyl (C=O) groups excluding carboxylic acids is 4. The number of allylic oxidation sites excluding steroid dienone is 1. The quantitative estimate of drug-likeness (QED) is 0.0681. The van der Waals surface area contributed by atoms with E-state index in [0.29, 0.717) is 42.7 Å². The smallest absolute Gasteiger partial charge is 0.407 e. The Hall–Kier alpha value is -4.32. The van der Waals surface area contributed by atoms with E-state index >= 15 is 0 Å². The maximum Gasteiger partial charge on any atom is 0.407 e. The molecule has 68 heavy (non-hydrogen) atoms. The summed E-state index contributed by atoms with van der Waals surface area (Å²) in [6.07, 6.45) is 22.5. The van der Waals surface area contributed by atoms with Crippen LogP contribution in [0, 0.1) is 52.3 Å². The monoisotopic (exact) mass is 951 g/mol. The standard InChI is InChI=1S/C56H78N4O7S/c1-35(2)11-9-12-36(3)44-20-21-45-43-19-16-38-32-41(24-27-55(38,4)46(43)25-28-56(44,45)5)66-54(64)59-29-10-14-39(61)17-23-52(62)67-49-15-8-7-13-37(49)31-51-60-47-22-18-40(34-50(47)68-51)65-42-26-30-58-48(33-42)53(63)57-6/h16,18,22,26,30,33-37,41,43-46,49H,7-15,17,19-21,23-25,27-29,31-32H2,1-6H3,(H,57,63)(H,59,64)/t36-,37-,41+,43?,44-,45?,46?,49+,55+,56-/m1/s1. The molecule has 12 heteroatoms. The largest absolute Gasteiger partial charge is 0.462 e. The van der Waals surface area contributed by atoms with Gasteiger partial charge in [-0.05, 0) is 135 Å². The van der Waals surface area contributed by atoms with Crippen LogP contribution in [0.15, 0.2) is 48.2 Å². The number of pyridine rings is 1. The van der Waals surface area contributed by atoms with Crippen molar-refractivity contribution < 1.29 is 33.4 Å². The summed E-state index contributed by atoms with van der Waals surface area (Å²) < 4.78 is 19.0. The Balaban J connectivity index is 0.728. The molecule has 0 spiro atoms. The van der Waals surface area contributed by atoms with Gasteiger partial charge in [0.05, 0.1) is 21.6 Å². The third-order valence-electron chi connectivity index (χ3n) is 17.4. The molecule has 0 bridgehead atoms. The molecule has 3 unspecified atom stereocenters. The summed E-state index contributed by atoms with van der Waals surface area (Å²) in [4.78, 5) is 59.8. The summed E-state index contributed by atoms with van der Waals surface area (Å²) in [5.74, 6) is 5.50. The molecule has 0 aliphatic heterocycles. The fraction of sp³-hybridized carbons (Fsp3) is 0.679. The Morgan fingerprint density at radius 3 is 2.51 bits per heavy atom. The van der Waals surface area contributed by atoms with Crippen molar-refractivity contribution in [1.29, 1.82) is 0 Å². The predicted molar refractivity (Wildman–Crippen MR) is 268 cm³/mol. The molecule has 4 saturated carbocycles. The van der Waals surface area contributed by atoms with Crippen LogP contribution in [0.2, 0.25) is 0 Å². The summed E-state index contributed by atoms with van der Waals surface area (Å²) in [5, 5.41) is 6.45. The first-order valence-electron chi connectivity index (χ1n) is 26.3. The van der Waals surface area contributed by atoms with Crippen molar-refractivity contribution in [2.45, 2.75) is 175 Å². The maximum absolute atomic E-state index is 13.0. The Kier molecular flexibility index (Phi) is 16.3. The lowest BCUT2D eigenvalue weighted by Crippen LogP contribution is -2.51. The molecule has 3 aromatic rings. The van der Waals surface area contributed by atoms with Gasteiger partial charge in [-0.15, -0.1) is 11.3 Å². The topological polar surface area (TPSA) is 146 Å². The molecule has 2 amide bonds. The molecule has 0 saturated heterocycles. The van der Waals surface area contributed by atoms with Crippen molar-refractivity contribution in [3.8, 4) is 11.5 Å². The summed E-state index contributed by atoms with van der Waals surface area (Å²) in [7, 11) is 1.56. The number of carbonyl (C=O) groups is 4. The Bertz CT molecular complexity index is 2290. The number of nitrogens with one attached hydrogen (secondary N) is 2. The second kappa shape index (κ2) is 22.2. The van der Waals surface area contributed by atoms with E-state index in [4.69, 9.17) is 19.2 Å². The lowest BCUT2D eigenvalue weighted by molar-refractivity contribution is -0.154. The third-order valence-corrected chi connectivity index (χ3v) is 18.5. The van der Waals surface area contributed by atoms with Gasteiger partial charge in [0, 0.05) is 63.5 Å². The van der Waals surface area contributed by atoms with Crippen LogP contribution in [0.25, 0.3) is 10.2 Å². The molecule has 2 aromatic heterocycles. The fourth-order valence-corrected chi connectivity index (χ4v) is 14.9. The van der Waals surface area contributed by atoms with Gasteiger partial charge < -0.3 is 24.8 Å². The molecule has 2 N–H and O–H groups in total. The van der Waals surface area contributed by atoms with E-state index in [0.717, 1.165) is 95.7 Å². The van der Waals surface area contributed by atoms with Crippen LogP contribution in [0.1, 0.15) is 172 Å². The number of rotatable bonds is 19. The van der Waals surface area contributed by atoms with Gasteiger partial charge in [-0.2, -0.15) is 0 Å². The van der Waals surface area contributed by atoms with E-state index in [9.17, 15) is 19.2 Å². The van der Waals surface area contributed by atoms with Gasteiger partial charge in [0.15, 0.2) is 0 Å². The lowest BCUT2D eigenvalue weighted by atomic mass is 9.47. The second-order valence-corrected chi connectivity index (χ2v) is 23.3. The molecular formula is C56H78N4O7S. The SMILES string of the molecule is CNC(=O)c1cc(Oc2ccc3nc(C[C@H]4CCCC[C@@H]4OC(=O)CCC(=O)CCCNC(=O)O[C@H]4CC[C@@]5(C)C(=CCC6C5CC[C@@]5(C)C6CC[C@@H]5[C@H](C)CCCC(C)C)C4)sc3c2)ccn1. The highest BCUT2D eigenvalue weighted by Gasteiger charge is 2.59. The average molecular weight is 951 g/mol. The van der Waals surface area contributed by atoms with Crippen LogP contribution in [0.5, 0.6) is 11.5 Å². The van der Waals surface area contributed by atoms with Crippen LogP contribution in [-0.4, -0.2) is 59.5 Å². The molecule has 370 valence electrons. The summed E-state index contributed by atoms with van der Waals surface area (Å²) >= 11 is 1.60. The van der Waals surface area contributed by atoms with Crippen LogP contribution < -0.4 is 15.4 Å². The van der Waals surface area contributed by atoms with Crippen molar-refractivity contribution in [2.75, 3.05) is 13.6 Å². The highest BCUT2D eigenvalue weighted by Crippen LogP contribution is 2.67. The van der Waals surface area contributed by atoms with Crippen molar-refractivity contribution in [2.24, 2.45) is 52.3 Å². The van der Waals surface area contributed by atoms with Gasteiger partial charge in [0.25, 0.3) is 5.91 Å². The summed E-state index contributed by atoms with van der Waals surface area (Å²) in [6, 6.07) is 9.05. The molecule has 10 atom stereocenters. The number of benzene rings is 1. The Morgan fingerprint density at radius 1 is 0.868 bits per heavy atom. The van der Waals surface area contributed by atoms with E-state index in [2.05, 4.69) is 56.3 Å². The number of amides is 2. The first-order chi connectivity index (χ1) is 32.7. The second-order valence-electron chi connectivity index (χ2n) is 22.2. The summed E-state index contributed by atoms with van der Waals surface area (Å²) in [6.45, 7) is 12.8. The minimum absolute atomic E-state index is 0.00706. The first kappa shape index (κ1) is 50.1. The van der Waals surface area contributed by atoms with Gasteiger partial charge in [-0.1, -0.05) is 72.0 Å². The van der Waals surface area contributed by atoms with Crippen LogP contribution in [-0.2, 0) is 25.5 Å². The number of hydrogen-bond acceptors (Lipinski definition) is 10. The number of thiazole rings is 1. The number of aromatic nitrogens is 2. The number of fused-ring (bicyclic) bond motifs is 6. The van der Waals surface area contributed by atoms with Crippen LogP contribution in [0.4, 0.5) is 4.79 Å². The van der Waals surface area contributed by atoms with Crippen molar-refractivity contribution in [3.63, 3.8) is 0 Å². The van der Waals surface area contributed by atoms with E-state index in [-0.39, 0.29) is 59.7 Å². The minimum atomic E-state index is -0.400. The number of hydrogen-bond donors (Lipinski definition) is 2. The highest BCUT2D eigenvalue weighted by atomic mass is 32.1. The first-order valence-corrected chi connectivity index (χ1v) is 27.1. The fourth-order valence-electron chi connectivity index (χ4n) is 13.8. The number of alkyl carbamates (subject to hydrolysis) is 1. The molecule has 2 heterocycles. The molecule has 4 fully saturated rings. The maximum atomic E-state index is 13.0. The molecule has 8 rings (SSSR count). The van der Waals surface area contributed by atoms with Gasteiger partial charge in [0.2, 0.25) is 0 Å². The van der Waals surface area contributed by atoms with E-state index in [1.165, 1.54) is 56.9 Å². The van der Waals surface area contributed by atoms with Gasteiger partial charge in [0.1, 0.15) is 35.2 Å². The van der Waals surface area contributed by atoms with Crippen molar-refractivity contribution >= 4 is 45.3 Å². The average Bonchev–Trinajstić information content (AvgIpc) is 3.90. The number of ether oxygens (including phenoxy) is 3. The Labute approximate surface area is 409 Å². The minimum Gasteiger partial charge on any atom is -0.462 e. The number of Topliss-reactive ketones (excluding diaryl/α,β-unsaturated/α-hetero) is 1. The predicted octanol–water partition coefficient (Wildman–Crippen LogP) is 12.8. The molecular weight excluding hydrogens is 873 g/mol. The molecule has 5 aliphatic carbocycles. The number of nitrogens with zero attached hydrogens (tertiary/aromatic N) is 2. The van der Waals surface area contributed by atoms with Crippen LogP contribution in [0.3, 0.4) is 0 Å². The molecule has 5 aliphatic rings. The highest BCUT2D eigenvalue weighted by molar-refractivity contribution is 7.18. The zero-order valence-corrected chi connectivity index (χ0v) is 42.6. The van der Waals surface area contributed by atoms with Gasteiger partial charge >= 0.3 is 12.1 Å². The van der Waals surface area contributed by atoms with Gasteiger partial charge in [-0.25, -0.2) is 9.78 Å². The van der Waals surface area contributed by atoms with Crippen molar-refractivity contribution in [3.05, 3.63) is 58.9 Å². The Morgan fingerprint density at radius 2 is 1.69 bits per heavy atom. The third kappa shape index (κ3) is 11.6. The zero-order valence-electron chi connectivity index (χ0n) is 41.7. The number of ketones is 1. The van der Waals surface area contributed by atoms with Gasteiger partial charge in [-0.3, -0.25) is 19.4 Å². The molecule has 1 aromatic carbocycles. The zero-order chi connectivity index (χ0) is 48.0. The molecule has 11 nitrogen and oxygen atoms in total. The van der Waals surface area contributed by atoms with E-state index < -0.39 is 6.09 Å². The van der Waals surface area contributed by atoms with E-state index in [1.807, 2.05) is 18.2 Å². The number of esters is 1. The molecule has 0 radical (unpaired) electrons. The van der Waals surface area contributed by atoms with Crippen molar-refractivity contribution in [1.82, 2.24) is 20.6 Å².